The van der Waals surface area contributed by atoms with Crippen LogP contribution in [0.3, 0.4) is 0 Å². The van der Waals surface area contributed by atoms with Gasteiger partial charge in [-0.05, 0) is 31.3 Å². The summed E-state index contributed by atoms with van der Waals surface area (Å²) in [6.07, 6.45) is 6.87. The molecule has 188 valence electrons. The van der Waals surface area contributed by atoms with Crippen LogP contribution < -0.4 is 16.8 Å². The normalized spacial score (nSPS) is 30.0. The Morgan fingerprint density at radius 3 is 2.68 bits per heavy atom. The number of hydrogen-bond acceptors (Lipinski definition) is 8. The average Bonchev–Trinajstić information content (AvgIpc) is 2.84. The first-order chi connectivity index (χ1) is 16.4. The fourth-order valence-corrected chi connectivity index (χ4v) is 4.98. The monoisotopic (exact) mass is 475 g/mol. The molecular weight excluding hydrogens is 437 g/mol. The van der Waals surface area contributed by atoms with Crippen LogP contribution in [0.15, 0.2) is 33.5 Å². The van der Waals surface area contributed by atoms with Gasteiger partial charge in [0.1, 0.15) is 12.1 Å². The highest BCUT2D eigenvalue weighted by molar-refractivity contribution is 5.84. The maximum atomic E-state index is 14.1. The molecule has 4 unspecified atom stereocenters. The molecule has 9 nitrogen and oxygen atoms in total. The van der Waals surface area contributed by atoms with E-state index in [0.29, 0.717) is 24.7 Å². The van der Waals surface area contributed by atoms with Gasteiger partial charge in [0.25, 0.3) is 0 Å². The molecule has 4 rings (SSSR count). The smallest absolute Gasteiger partial charge is 0.232 e. The average molecular weight is 476 g/mol. The molecule has 0 aromatic rings. The molecule has 0 radical (unpaired) electrons. The minimum atomic E-state index is -1.14. The van der Waals surface area contributed by atoms with Crippen molar-refractivity contribution in [1.29, 1.82) is 0 Å². The Labute approximate surface area is 201 Å². The Bertz CT molecular complexity index is 831. The molecule has 0 saturated carbocycles. The topological polar surface area (TPSA) is 122 Å². The van der Waals surface area contributed by atoms with E-state index in [1.807, 2.05) is 19.1 Å². The van der Waals surface area contributed by atoms with E-state index in [1.165, 1.54) is 6.21 Å². The highest BCUT2D eigenvalue weighted by Gasteiger charge is 2.34. The maximum absolute atomic E-state index is 14.1. The van der Waals surface area contributed by atoms with Crippen molar-refractivity contribution in [3.8, 4) is 0 Å². The van der Waals surface area contributed by atoms with E-state index in [1.54, 1.807) is 6.21 Å². The van der Waals surface area contributed by atoms with E-state index < -0.39 is 18.3 Å². The van der Waals surface area contributed by atoms with Gasteiger partial charge in [-0.15, -0.1) is 0 Å². The molecule has 0 aromatic heterocycles. The van der Waals surface area contributed by atoms with Crippen LogP contribution >= 0.6 is 0 Å². The van der Waals surface area contributed by atoms with Crippen LogP contribution in [0.2, 0.25) is 0 Å². The lowest BCUT2D eigenvalue weighted by Crippen LogP contribution is -2.58. The largest absolute Gasteiger partial charge is 0.378 e. The molecule has 2 saturated heterocycles. The summed E-state index contributed by atoms with van der Waals surface area (Å²) < 4.78 is 19.5. The van der Waals surface area contributed by atoms with Gasteiger partial charge in [-0.2, -0.15) is 0 Å². The van der Waals surface area contributed by atoms with Gasteiger partial charge >= 0.3 is 0 Å². The Kier molecular flexibility index (Phi) is 8.46. The summed E-state index contributed by atoms with van der Waals surface area (Å²) in [6.45, 7) is 7.81. The third-order valence-corrected chi connectivity index (χ3v) is 7.09. The van der Waals surface area contributed by atoms with Crippen LogP contribution in [-0.4, -0.2) is 98.5 Å². The summed E-state index contributed by atoms with van der Waals surface area (Å²) in [5, 5.41) is 3.11. The van der Waals surface area contributed by atoms with Crippen LogP contribution in [0.1, 0.15) is 26.2 Å². The number of aliphatic imine (C=N–C) groups is 2. The zero-order valence-electron chi connectivity index (χ0n) is 20.0. The van der Waals surface area contributed by atoms with Gasteiger partial charge < -0.3 is 26.4 Å². The molecule has 4 aliphatic rings. The van der Waals surface area contributed by atoms with Crippen molar-refractivity contribution in [1.82, 2.24) is 15.1 Å². The van der Waals surface area contributed by atoms with E-state index >= 15 is 0 Å². The van der Waals surface area contributed by atoms with Crippen LogP contribution in [0.25, 0.3) is 0 Å². The number of hydrogen-bond donors (Lipinski definition) is 3. The van der Waals surface area contributed by atoms with Gasteiger partial charge in [0.05, 0.1) is 43.7 Å². The molecule has 4 aliphatic heterocycles. The first-order valence-corrected chi connectivity index (χ1v) is 12.4. The van der Waals surface area contributed by atoms with Crippen LogP contribution in [0.4, 0.5) is 4.39 Å². The van der Waals surface area contributed by atoms with Crippen molar-refractivity contribution >= 4 is 18.3 Å². The highest BCUT2D eigenvalue weighted by Crippen LogP contribution is 2.24. The van der Waals surface area contributed by atoms with Crippen molar-refractivity contribution < 1.29 is 13.9 Å². The molecule has 10 heteroatoms. The fourth-order valence-electron chi connectivity index (χ4n) is 4.98. The van der Waals surface area contributed by atoms with Crippen LogP contribution in [-0.2, 0) is 9.53 Å². The third-order valence-electron chi connectivity index (χ3n) is 7.09. The number of nitrogens with zero attached hydrogens (tertiary/aromatic N) is 4. The van der Waals surface area contributed by atoms with Crippen LogP contribution in [0, 0.1) is 11.8 Å². The van der Waals surface area contributed by atoms with Gasteiger partial charge in [0.2, 0.25) is 5.91 Å². The lowest BCUT2D eigenvalue weighted by molar-refractivity contribution is -0.125. The van der Waals surface area contributed by atoms with Gasteiger partial charge in [-0.1, -0.05) is 13.0 Å². The molecule has 0 bridgehead atoms. The van der Waals surface area contributed by atoms with Gasteiger partial charge in [-0.3, -0.25) is 19.7 Å². The van der Waals surface area contributed by atoms with E-state index in [4.69, 9.17) is 16.2 Å². The third kappa shape index (κ3) is 6.10. The predicted molar refractivity (Wildman–Crippen MR) is 131 cm³/mol. The Hall–Kier alpha value is -2.14. The SMILES string of the molecule is CC1C=C(C(C(=O)NC2CN=CC=C2N2CCN(C3COC3)CC2)C(N)N)N=CC(F)CCC1. The molecule has 4 heterocycles. The number of dihydropyridines is 1. The number of halogens is 1. The quantitative estimate of drug-likeness (QED) is 0.479. The van der Waals surface area contributed by atoms with Crippen molar-refractivity contribution in [3.63, 3.8) is 0 Å². The van der Waals surface area contributed by atoms with Gasteiger partial charge in [0.15, 0.2) is 0 Å². The number of piperazine rings is 1. The molecule has 0 aromatic carbocycles. The zero-order chi connectivity index (χ0) is 24.1. The minimum absolute atomic E-state index is 0.151. The number of nitrogens with two attached hydrogens (primary N) is 2. The first kappa shape index (κ1) is 25.0. The number of carbonyl (C=O) groups excluding carboxylic acids is 1. The predicted octanol–water partition coefficient (Wildman–Crippen LogP) is 0.428. The molecule has 1 amide bonds. The number of rotatable bonds is 6. The molecule has 2 fully saturated rings. The van der Waals surface area contributed by atoms with Crippen molar-refractivity contribution in [3.05, 3.63) is 23.5 Å². The maximum Gasteiger partial charge on any atom is 0.232 e. The molecule has 5 N–H and O–H groups in total. The molecular formula is C24H38FN7O2. The fraction of sp³-hybridized carbons (Fsp3) is 0.708. The molecule has 4 atom stereocenters. The summed E-state index contributed by atoms with van der Waals surface area (Å²) in [4.78, 5) is 26.9. The standard InChI is InChI=1S/C24H38FN7O2/c1-16-3-2-4-17(25)12-29-19(11-16)22(23(26)27)24(33)30-20-13-28-6-5-21(20)32-9-7-31(8-10-32)18-14-34-15-18/h5-6,11-12,16-18,20,22-23H,2-4,7-10,13-15,26-27H2,1H3,(H,30,33). The Morgan fingerprint density at radius 2 is 2.00 bits per heavy atom. The second-order valence-electron chi connectivity index (χ2n) is 9.73. The molecule has 0 aliphatic carbocycles. The number of allylic oxidation sites excluding steroid dienone is 2. The van der Waals surface area contributed by atoms with Crippen molar-refractivity contribution in [2.24, 2.45) is 33.3 Å². The van der Waals surface area contributed by atoms with E-state index in [2.05, 4.69) is 25.1 Å². The lowest BCUT2D eigenvalue weighted by atomic mass is 9.95. The number of carbonyl (C=O) groups is 1. The number of ether oxygens (including phenoxy) is 1. The summed E-state index contributed by atoms with van der Waals surface area (Å²) in [5.74, 6) is -1.02. The Balaban J connectivity index is 1.44. The van der Waals surface area contributed by atoms with E-state index in [0.717, 1.165) is 57.9 Å². The summed E-state index contributed by atoms with van der Waals surface area (Å²) in [7, 11) is 0. The number of nitrogens with one attached hydrogen (secondary N) is 1. The van der Waals surface area contributed by atoms with Crippen molar-refractivity contribution in [2.75, 3.05) is 45.9 Å². The minimum Gasteiger partial charge on any atom is -0.378 e. The number of amides is 1. The lowest BCUT2D eigenvalue weighted by Gasteiger charge is -2.45. The second-order valence-corrected chi connectivity index (χ2v) is 9.73. The van der Waals surface area contributed by atoms with Gasteiger partial charge in [-0.25, -0.2) is 4.39 Å². The summed E-state index contributed by atoms with van der Waals surface area (Å²) in [6, 6.07) is 0.254. The molecule has 0 spiro atoms. The van der Waals surface area contributed by atoms with Crippen LogP contribution in [0.5, 0.6) is 0 Å². The zero-order valence-corrected chi connectivity index (χ0v) is 20.0. The summed E-state index contributed by atoms with van der Waals surface area (Å²) >= 11 is 0. The van der Waals surface area contributed by atoms with E-state index in [-0.39, 0.29) is 17.9 Å². The summed E-state index contributed by atoms with van der Waals surface area (Å²) in [5.41, 5.74) is 13.6. The Morgan fingerprint density at radius 1 is 1.24 bits per heavy atom. The van der Waals surface area contributed by atoms with Crippen molar-refractivity contribution in [2.45, 2.75) is 50.6 Å². The second kappa shape index (κ2) is 11.5. The number of alkyl halides is 1. The van der Waals surface area contributed by atoms with Gasteiger partial charge in [0, 0.05) is 44.3 Å². The first-order valence-electron chi connectivity index (χ1n) is 12.4. The highest BCUT2D eigenvalue weighted by atomic mass is 19.1. The molecule has 34 heavy (non-hydrogen) atoms. The van der Waals surface area contributed by atoms with E-state index in [9.17, 15) is 9.18 Å².